The second-order valence-corrected chi connectivity index (χ2v) is 3.73. The monoisotopic (exact) mass is 181 g/mol. The van der Waals surface area contributed by atoms with E-state index < -0.39 is 0 Å². The van der Waals surface area contributed by atoms with Gasteiger partial charge >= 0.3 is 0 Å². The fourth-order valence-corrected chi connectivity index (χ4v) is 1.35. The molecule has 0 unspecified atom stereocenters. The van der Waals surface area contributed by atoms with Crippen molar-refractivity contribution in [3.8, 4) is 0 Å². The second-order valence-electron chi connectivity index (χ2n) is 3.73. The summed E-state index contributed by atoms with van der Waals surface area (Å²) in [5, 5.41) is 0. The van der Waals surface area contributed by atoms with E-state index in [-0.39, 0.29) is 12.4 Å². The molecule has 1 rings (SSSR count). The van der Waals surface area contributed by atoms with E-state index in [2.05, 4.69) is 13.8 Å². The molecule has 0 aliphatic rings. The molecule has 0 saturated carbocycles. The van der Waals surface area contributed by atoms with Crippen molar-refractivity contribution >= 4 is 0 Å². The van der Waals surface area contributed by atoms with Crippen LogP contribution in [0.5, 0.6) is 0 Å². The van der Waals surface area contributed by atoms with Gasteiger partial charge in [-0.3, -0.25) is 0 Å². The van der Waals surface area contributed by atoms with Crippen LogP contribution in [0.1, 0.15) is 25.0 Å². The minimum Gasteiger partial charge on any atom is -0.326 e. The van der Waals surface area contributed by atoms with Gasteiger partial charge in [-0.15, -0.1) is 0 Å². The third kappa shape index (κ3) is 2.81. The molecule has 0 fully saturated rings. The molecule has 13 heavy (non-hydrogen) atoms. The molecule has 0 aliphatic heterocycles. The van der Waals surface area contributed by atoms with Crippen molar-refractivity contribution in [1.29, 1.82) is 0 Å². The number of hydrogen-bond acceptors (Lipinski definition) is 1. The third-order valence-corrected chi connectivity index (χ3v) is 1.98. The maximum absolute atomic E-state index is 13.2. The standard InChI is InChI=1S/C11H16FN/c1-8(2)5-9-3-4-10(7-13)11(12)6-9/h3-4,6,8H,5,7,13H2,1-2H3. The summed E-state index contributed by atoms with van der Waals surface area (Å²) >= 11 is 0. The van der Waals surface area contributed by atoms with Gasteiger partial charge < -0.3 is 5.73 Å². The summed E-state index contributed by atoms with van der Waals surface area (Å²) in [6.07, 6.45) is 0.918. The zero-order valence-electron chi connectivity index (χ0n) is 8.18. The first-order chi connectivity index (χ1) is 6.13. The summed E-state index contributed by atoms with van der Waals surface area (Å²) < 4.78 is 13.2. The predicted molar refractivity (Wildman–Crippen MR) is 52.8 cm³/mol. The van der Waals surface area contributed by atoms with Gasteiger partial charge in [-0.25, -0.2) is 4.39 Å². The summed E-state index contributed by atoms with van der Waals surface area (Å²) in [6, 6.07) is 5.31. The van der Waals surface area contributed by atoms with E-state index in [1.54, 1.807) is 12.1 Å². The summed E-state index contributed by atoms with van der Waals surface area (Å²) in [4.78, 5) is 0. The molecule has 1 aromatic carbocycles. The lowest BCUT2D eigenvalue weighted by molar-refractivity contribution is 0.599. The van der Waals surface area contributed by atoms with Gasteiger partial charge in [0.25, 0.3) is 0 Å². The number of nitrogens with two attached hydrogens (primary N) is 1. The molecular weight excluding hydrogens is 165 g/mol. The Bertz CT molecular complexity index is 281. The zero-order chi connectivity index (χ0) is 9.84. The summed E-state index contributed by atoms with van der Waals surface area (Å²) in [6.45, 7) is 4.51. The van der Waals surface area contributed by atoms with E-state index >= 15 is 0 Å². The normalized spacial score (nSPS) is 10.8. The Morgan fingerprint density at radius 2 is 2.08 bits per heavy atom. The van der Waals surface area contributed by atoms with E-state index in [4.69, 9.17) is 5.73 Å². The molecule has 0 radical (unpaired) electrons. The van der Waals surface area contributed by atoms with Gasteiger partial charge in [-0.2, -0.15) is 0 Å². The Hall–Kier alpha value is -0.890. The Kier molecular flexibility index (Phi) is 3.43. The molecule has 0 amide bonds. The Morgan fingerprint density at radius 1 is 1.38 bits per heavy atom. The van der Waals surface area contributed by atoms with Gasteiger partial charge in [0.1, 0.15) is 5.82 Å². The lowest BCUT2D eigenvalue weighted by atomic mass is 10.0. The van der Waals surface area contributed by atoms with Crippen LogP contribution in [0.3, 0.4) is 0 Å². The van der Waals surface area contributed by atoms with Crippen molar-refractivity contribution in [3.63, 3.8) is 0 Å². The molecular formula is C11H16FN. The fraction of sp³-hybridized carbons (Fsp3) is 0.455. The number of rotatable bonds is 3. The predicted octanol–water partition coefficient (Wildman–Crippen LogP) is 2.48. The highest BCUT2D eigenvalue weighted by Crippen LogP contribution is 2.13. The van der Waals surface area contributed by atoms with Crippen molar-refractivity contribution in [2.75, 3.05) is 0 Å². The molecule has 0 spiro atoms. The van der Waals surface area contributed by atoms with Crippen LogP contribution >= 0.6 is 0 Å². The van der Waals surface area contributed by atoms with Crippen LogP contribution in [0.25, 0.3) is 0 Å². The first-order valence-corrected chi connectivity index (χ1v) is 4.61. The first kappa shape index (κ1) is 10.2. The minimum absolute atomic E-state index is 0.180. The molecule has 2 heteroatoms. The van der Waals surface area contributed by atoms with Crippen molar-refractivity contribution in [2.45, 2.75) is 26.8 Å². The van der Waals surface area contributed by atoms with Gasteiger partial charge in [-0.05, 0) is 24.0 Å². The van der Waals surface area contributed by atoms with Crippen molar-refractivity contribution in [1.82, 2.24) is 0 Å². The summed E-state index contributed by atoms with van der Waals surface area (Å²) in [7, 11) is 0. The lowest BCUT2D eigenvalue weighted by Crippen LogP contribution is -2.01. The molecule has 0 atom stereocenters. The van der Waals surface area contributed by atoms with Crippen molar-refractivity contribution in [3.05, 3.63) is 35.1 Å². The molecule has 1 nitrogen and oxygen atoms in total. The van der Waals surface area contributed by atoms with Crippen LogP contribution in [0.15, 0.2) is 18.2 Å². The van der Waals surface area contributed by atoms with Crippen LogP contribution in [0, 0.1) is 11.7 Å². The molecule has 0 aliphatic carbocycles. The highest BCUT2D eigenvalue weighted by Gasteiger charge is 2.03. The highest BCUT2D eigenvalue weighted by molar-refractivity contribution is 5.24. The maximum Gasteiger partial charge on any atom is 0.127 e. The SMILES string of the molecule is CC(C)Cc1ccc(CN)c(F)c1. The smallest absolute Gasteiger partial charge is 0.127 e. The molecule has 0 heterocycles. The van der Waals surface area contributed by atoms with Gasteiger partial charge in [0.15, 0.2) is 0 Å². The molecule has 0 aromatic heterocycles. The quantitative estimate of drug-likeness (QED) is 0.761. The summed E-state index contributed by atoms with van der Waals surface area (Å²) in [5.41, 5.74) is 7.00. The Balaban J connectivity index is 2.83. The molecule has 1 aromatic rings. The van der Waals surface area contributed by atoms with Gasteiger partial charge in [0.05, 0.1) is 0 Å². The van der Waals surface area contributed by atoms with Crippen LogP contribution in [-0.4, -0.2) is 0 Å². The Labute approximate surface area is 78.8 Å². The average molecular weight is 181 g/mol. The second kappa shape index (κ2) is 4.38. The van der Waals surface area contributed by atoms with Crippen LogP contribution < -0.4 is 5.73 Å². The van der Waals surface area contributed by atoms with Gasteiger partial charge in [-0.1, -0.05) is 26.0 Å². The van der Waals surface area contributed by atoms with E-state index in [1.165, 1.54) is 0 Å². The van der Waals surface area contributed by atoms with Crippen LogP contribution in [0.2, 0.25) is 0 Å². The van der Waals surface area contributed by atoms with E-state index in [0.717, 1.165) is 12.0 Å². The molecule has 0 bridgehead atoms. The summed E-state index contributed by atoms with van der Waals surface area (Å²) in [5.74, 6) is 0.378. The average Bonchev–Trinajstić information content (AvgIpc) is 2.03. The molecule has 0 saturated heterocycles. The van der Waals surface area contributed by atoms with E-state index in [0.29, 0.717) is 11.5 Å². The van der Waals surface area contributed by atoms with Crippen molar-refractivity contribution < 1.29 is 4.39 Å². The van der Waals surface area contributed by atoms with E-state index in [9.17, 15) is 4.39 Å². The maximum atomic E-state index is 13.2. The fourth-order valence-electron chi connectivity index (χ4n) is 1.35. The topological polar surface area (TPSA) is 26.0 Å². The first-order valence-electron chi connectivity index (χ1n) is 4.61. The van der Waals surface area contributed by atoms with Crippen molar-refractivity contribution in [2.24, 2.45) is 11.7 Å². The molecule has 72 valence electrons. The third-order valence-electron chi connectivity index (χ3n) is 1.98. The van der Waals surface area contributed by atoms with Crippen LogP contribution in [0.4, 0.5) is 4.39 Å². The highest BCUT2D eigenvalue weighted by atomic mass is 19.1. The minimum atomic E-state index is -0.180. The molecule has 2 N–H and O–H groups in total. The van der Waals surface area contributed by atoms with E-state index in [1.807, 2.05) is 6.07 Å². The number of halogens is 1. The lowest BCUT2D eigenvalue weighted by Gasteiger charge is -2.06. The zero-order valence-corrected chi connectivity index (χ0v) is 8.18. The largest absolute Gasteiger partial charge is 0.326 e. The van der Waals surface area contributed by atoms with Crippen LogP contribution in [-0.2, 0) is 13.0 Å². The number of hydrogen-bond donors (Lipinski definition) is 1. The van der Waals surface area contributed by atoms with Gasteiger partial charge in [0, 0.05) is 12.1 Å². The Morgan fingerprint density at radius 3 is 2.54 bits per heavy atom. The number of benzene rings is 1. The van der Waals surface area contributed by atoms with Gasteiger partial charge in [0.2, 0.25) is 0 Å².